The third-order valence-corrected chi connectivity index (χ3v) is 2.56. The molecule has 0 spiro atoms. The van der Waals surface area contributed by atoms with Crippen LogP contribution in [0.5, 0.6) is 0 Å². The molecule has 0 saturated heterocycles. The van der Waals surface area contributed by atoms with Crippen LogP contribution in [0.25, 0.3) is 0 Å². The third kappa shape index (κ3) is 5.14. The molecule has 15 heavy (non-hydrogen) atoms. The van der Waals surface area contributed by atoms with Crippen LogP contribution in [0.2, 0.25) is 0 Å². The largest absolute Gasteiger partial charge is 0.368 e. The maximum Gasteiger partial charge on any atom is 0.127 e. The van der Waals surface area contributed by atoms with Crippen molar-refractivity contribution in [3.05, 3.63) is 22.8 Å². The summed E-state index contributed by atoms with van der Waals surface area (Å²) in [6, 6.07) is 6.33. The van der Waals surface area contributed by atoms with Crippen LogP contribution in [0.1, 0.15) is 13.3 Å². The number of nitrogens with one attached hydrogen (secondary N) is 1. The van der Waals surface area contributed by atoms with Gasteiger partial charge in [0.15, 0.2) is 0 Å². The number of pyridine rings is 1. The van der Waals surface area contributed by atoms with Crippen molar-refractivity contribution in [3.8, 4) is 0 Å². The second-order valence-corrected chi connectivity index (χ2v) is 4.80. The molecule has 0 aliphatic carbocycles. The van der Waals surface area contributed by atoms with Crippen molar-refractivity contribution in [1.29, 1.82) is 0 Å². The molecule has 1 atom stereocenters. The first-order valence-corrected chi connectivity index (χ1v) is 5.91. The van der Waals surface area contributed by atoms with Gasteiger partial charge in [0.1, 0.15) is 10.4 Å². The van der Waals surface area contributed by atoms with E-state index in [4.69, 9.17) is 0 Å². The van der Waals surface area contributed by atoms with Crippen LogP contribution >= 0.6 is 15.9 Å². The average molecular weight is 272 g/mol. The number of anilines is 1. The zero-order valence-electron chi connectivity index (χ0n) is 9.50. The Labute approximate surface area is 100 Å². The van der Waals surface area contributed by atoms with Gasteiger partial charge in [-0.05, 0) is 62.0 Å². The lowest BCUT2D eigenvalue weighted by molar-refractivity contribution is 0.390. The van der Waals surface area contributed by atoms with Gasteiger partial charge in [-0.1, -0.05) is 6.07 Å². The van der Waals surface area contributed by atoms with Crippen LogP contribution in [0, 0.1) is 0 Å². The molecule has 3 nitrogen and oxygen atoms in total. The van der Waals surface area contributed by atoms with Crippen molar-refractivity contribution in [3.63, 3.8) is 0 Å². The van der Waals surface area contributed by atoms with Gasteiger partial charge in [-0.2, -0.15) is 0 Å². The number of halogens is 1. The standard InChI is InChI=1S/C11H18BrN3/c1-9(7-8-15(2)3)13-11-6-4-5-10(12)14-11/h4-6,9H,7-8H2,1-3H3,(H,13,14). The Morgan fingerprint density at radius 1 is 1.47 bits per heavy atom. The Kier molecular flexibility index (Phi) is 5.05. The summed E-state index contributed by atoms with van der Waals surface area (Å²) in [5.41, 5.74) is 0. The predicted octanol–water partition coefficient (Wildman–Crippen LogP) is 2.60. The van der Waals surface area contributed by atoms with Gasteiger partial charge < -0.3 is 10.2 Å². The van der Waals surface area contributed by atoms with Gasteiger partial charge in [-0.25, -0.2) is 4.98 Å². The first kappa shape index (κ1) is 12.5. The molecule has 4 heteroatoms. The summed E-state index contributed by atoms with van der Waals surface area (Å²) in [6.07, 6.45) is 1.11. The molecule has 0 saturated carbocycles. The molecule has 1 aromatic heterocycles. The highest BCUT2D eigenvalue weighted by molar-refractivity contribution is 9.10. The van der Waals surface area contributed by atoms with Crippen LogP contribution in [0.3, 0.4) is 0 Å². The quantitative estimate of drug-likeness (QED) is 0.835. The van der Waals surface area contributed by atoms with E-state index in [1.165, 1.54) is 0 Å². The van der Waals surface area contributed by atoms with E-state index < -0.39 is 0 Å². The summed E-state index contributed by atoms with van der Waals surface area (Å²) in [4.78, 5) is 6.52. The highest BCUT2D eigenvalue weighted by Gasteiger charge is 2.03. The summed E-state index contributed by atoms with van der Waals surface area (Å²) in [6.45, 7) is 3.26. The van der Waals surface area contributed by atoms with Crippen LogP contribution in [-0.4, -0.2) is 36.6 Å². The fraction of sp³-hybridized carbons (Fsp3) is 0.545. The molecular weight excluding hydrogens is 254 g/mol. The topological polar surface area (TPSA) is 28.2 Å². The Hall–Kier alpha value is -0.610. The lowest BCUT2D eigenvalue weighted by Gasteiger charge is -2.17. The minimum atomic E-state index is 0.439. The van der Waals surface area contributed by atoms with E-state index >= 15 is 0 Å². The fourth-order valence-electron chi connectivity index (χ4n) is 1.27. The van der Waals surface area contributed by atoms with E-state index in [-0.39, 0.29) is 0 Å². The molecule has 0 aliphatic rings. The summed E-state index contributed by atoms with van der Waals surface area (Å²) >= 11 is 3.35. The van der Waals surface area contributed by atoms with Crippen molar-refractivity contribution in [2.75, 3.05) is 26.0 Å². The minimum Gasteiger partial charge on any atom is -0.368 e. The lowest BCUT2D eigenvalue weighted by atomic mass is 10.2. The van der Waals surface area contributed by atoms with E-state index in [0.29, 0.717) is 6.04 Å². The number of hydrogen-bond donors (Lipinski definition) is 1. The fourth-order valence-corrected chi connectivity index (χ4v) is 1.61. The molecule has 0 fully saturated rings. The van der Waals surface area contributed by atoms with Crippen LogP contribution in [0.4, 0.5) is 5.82 Å². The number of nitrogens with zero attached hydrogens (tertiary/aromatic N) is 2. The van der Waals surface area contributed by atoms with Crippen LogP contribution in [-0.2, 0) is 0 Å². The summed E-state index contributed by atoms with van der Waals surface area (Å²) in [7, 11) is 4.17. The van der Waals surface area contributed by atoms with E-state index in [9.17, 15) is 0 Å². The Morgan fingerprint density at radius 2 is 2.20 bits per heavy atom. The predicted molar refractivity (Wildman–Crippen MR) is 68.2 cm³/mol. The molecule has 1 rings (SSSR count). The summed E-state index contributed by atoms with van der Waals surface area (Å²) < 4.78 is 0.868. The van der Waals surface area contributed by atoms with Crippen molar-refractivity contribution in [2.45, 2.75) is 19.4 Å². The first-order chi connectivity index (χ1) is 7.08. The van der Waals surface area contributed by atoms with E-state index in [0.717, 1.165) is 23.4 Å². The SMILES string of the molecule is CC(CCN(C)C)Nc1cccc(Br)n1. The van der Waals surface area contributed by atoms with E-state index in [1.54, 1.807) is 0 Å². The molecule has 0 amide bonds. The molecule has 0 radical (unpaired) electrons. The van der Waals surface area contributed by atoms with Crippen LogP contribution < -0.4 is 5.32 Å². The van der Waals surface area contributed by atoms with E-state index in [2.05, 4.69) is 52.1 Å². The highest BCUT2D eigenvalue weighted by Crippen LogP contribution is 2.11. The van der Waals surface area contributed by atoms with Crippen molar-refractivity contribution in [2.24, 2.45) is 0 Å². The maximum absolute atomic E-state index is 4.33. The molecule has 0 aliphatic heterocycles. The van der Waals surface area contributed by atoms with Gasteiger partial charge in [0.2, 0.25) is 0 Å². The molecule has 1 N–H and O–H groups in total. The van der Waals surface area contributed by atoms with Gasteiger partial charge in [0.05, 0.1) is 0 Å². The third-order valence-electron chi connectivity index (χ3n) is 2.12. The van der Waals surface area contributed by atoms with Gasteiger partial charge in [0, 0.05) is 6.04 Å². The van der Waals surface area contributed by atoms with E-state index in [1.807, 2.05) is 18.2 Å². The van der Waals surface area contributed by atoms with Gasteiger partial charge in [-0.3, -0.25) is 0 Å². The van der Waals surface area contributed by atoms with Crippen molar-refractivity contribution < 1.29 is 0 Å². The Bertz CT molecular complexity index is 302. The molecule has 0 aromatic carbocycles. The van der Waals surface area contributed by atoms with Gasteiger partial charge in [0.25, 0.3) is 0 Å². The number of rotatable bonds is 5. The Balaban J connectivity index is 2.40. The molecule has 84 valence electrons. The zero-order valence-corrected chi connectivity index (χ0v) is 11.1. The van der Waals surface area contributed by atoms with Crippen molar-refractivity contribution in [1.82, 2.24) is 9.88 Å². The molecule has 0 bridgehead atoms. The Morgan fingerprint density at radius 3 is 2.80 bits per heavy atom. The lowest BCUT2D eigenvalue weighted by Crippen LogP contribution is -2.23. The maximum atomic E-state index is 4.33. The number of aromatic nitrogens is 1. The number of hydrogen-bond acceptors (Lipinski definition) is 3. The molecular formula is C11H18BrN3. The highest BCUT2D eigenvalue weighted by atomic mass is 79.9. The van der Waals surface area contributed by atoms with Gasteiger partial charge in [-0.15, -0.1) is 0 Å². The molecule has 1 aromatic rings. The first-order valence-electron chi connectivity index (χ1n) is 5.12. The van der Waals surface area contributed by atoms with Crippen molar-refractivity contribution >= 4 is 21.7 Å². The second kappa shape index (κ2) is 6.08. The average Bonchev–Trinajstić information content (AvgIpc) is 2.15. The minimum absolute atomic E-state index is 0.439. The summed E-state index contributed by atoms with van der Waals surface area (Å²) in [5, 5.41) is 3.37. The van der Waals surface area contributed by atoms with Gasteiger partial charge >= 0.3 is 0 Å². The zero-order chi connectivity index (χ0) is 11.3. The van der Waals surface area contributed by atoms with Crippen LogP contribution in [0.15, 0.2) is 22.8 Å². The monoisotopic (exact) mass is 271 g/mol. The summed E-state index contributed by atoms with van der Waals surface area (Å²) in [5.74, 6) is 0.927. The molecule has 1 heterocycles. The normalized spacial score (nSPS) is 12.9. The smallest absolute Gasteiger partial charge is 0.127 e. The second-order valence-electron chi connectivity index (χ2n) is 3.98. The molecule has 1 unspecified atom stereocenters.